The molecule has 0 aliphatic carbocycles. The quantitative estimate of drug-likeness (QED) is 0.598. The third-order valence-corrected chi connectivity index (χ3v) is 4.20. The van der Waals surface area contributed by atoms with Gasteiger partial charge in [-0.3, -0.25) is 0 Å². The van der Waals surface area contributed by atoms with E-state index >= 15 is 0 Å². The average molecular weight is 383 g/mol. The second-order valence-corrected chi connectivity index (χ2v) is 5.89. The lowest BCUT2D eigenvalue weighted by Gasteiger charge is -2.09. The number of ether oxygens (including phenoxy) is 5. The largest absolute Gasteiger partial charge is 0.497 e. The van der Waals surface area contributed by atoms with E-state index in [4.69, 9.17) is 28.2 Å². The van der Waals surface area contributed by atoms with Crippen LogP contribution in [0.3, 0.4) is 0 Å². The summed E-state index contributed by atoms with van der Waals surface area (Å²) < 4.78 is 31.7. The number of carbonyl (C=O) groups is 1. The lowest BCUT2D eigenvalue weighted by atomic mass is 10.1. The van der Waals surface area contributed by atoms with Crippen LogP contribution >= 0.6 is 0 Å². The summed E-state index contributed by atoms with van der Waals surface area (Å²) in [4.78, 5) is 12.4. The van der Waals surface area contributed by atoms with Crippen LogP contribution in [0, 0.1) is 0 Å². The Balaban J connectivity index is 1.44. The highest BCUT2D eigenvalue weighted by Crippen LogP contribution is 2.36. The molecule has 1 aliphatic rings. The number of hydrogen-bond acceptors (Lipinski definition) is 8. The van der Waals surface area contributed by atoms with Crippen LogP contribution in [0.25, 0.3) is 11.3 Å². The molecule has 8 heteroatoms. The van der Waals surface area contributed by atoms with Crippen molar-refractivity contribution < 1.29 is 33.0 Å². The Labute approximate surface area is 160 Å². The van der Waals surface area contributed by atoms with Gasteiger partial charge in [0.25, 0.3) is 0 Å². The first kappa shape index (κ1) is 17.7. The van der Waals surface area contributed by atoms with E-state index in [1.165, 1.54) is 14.2 Å². The van der Waals surface area contributed by atoms with Crippen LogP contribution in [0.5, 0.6) is 23.0 Å². The third-order valence-electron chi connectivity index (χ3n) is 4.20. The monoisotopic (exact) mass is 383 g/mol. The van der Waals surface area contributed by atoms with Crippen LogP contribution in [0.2, 0.25) is 0 Å². The summed E-state index contributed by atoms with van der Waals surface area (Å²) in [7, 11) is 3.01. The van der Waals surface area contributed by atoms with Crippen molar-refractivity contribution in [2.45, 2.75) is 6.61 Å². The molecule has 0 bridgehead atoms. The summed E-state index contributed by atoms with van der Waals surface area (Å²) in [6.45, 7) is 0.160. The zero-order valence-electron chi connectivity index (χ0n) is 15.3. The molecule has 0 atom stereocenters. The number of fused-ring (bicyclic) bond motifs is 1. The Hall–Kier alpha value is -3.68. The van der Waals surface area contributed by atoms with Crippen molar-refractivity contribution in [1.29, 1.82) is 0 Å². The normalized spacial score (nSPS) is 11.9. The van der Waals surface area contributed by atoms with Crippen molar-refractivity contribution >= 4 is 5.97 Å². The molecule has 8 nitrogen and oxygen atoms in total. The number of rotatable bonds is 6. The van der Waals surface area contributed by atoms with Gasteiger partial charge in [-0.15, -0.1) is 0 Å². The summed E-state index contributed by atoms with van der Waals surface area (Å²) in [6, 6.07) is 12.0. The van der Waals surface area contributed by atoms with Crippen LogP contribution in [0.4, 0.5) is 0 Å². The van der Waals surface area contributed by atoms with Crippen molar-refractivity contribution in [3.05, 3.63) is 53.7 Å². The second kappa shape index (κ2) is 7.51. The predicted octanol–water partition coefficient (Wildman–Crippen LogP) is 3.44. The minimum absolute atomic E-state index is 0.0396. The average Bonchev–Trinajstić information content (AvgIpc) is 3.40. The molecule has 1 aliphatic heterocycles. The van der Waals surface area contributed by atoms with Crippen LogP contribution < -0.4 is 18.9 Å². The van der Waals surface area contributed by atoms with Gasteiger partial charge in [0, 0.05) is 17.7 Å². The Morgan fingerprint density at radius 3 is 2.71 bits per heavy atom. The van der Waals surface area contributed by atoms with E-state index in [1.54, 1.807) is 36.4 Å². The molecule has 1 aromatic heterocycles. The number of nitrogens with zero attached hydrogens (tertiary/aromatic N) is 1. The van der Waals surface area contributed by atoms with Gasteiger partial charge in [-0.25, -0.2) is 4.79 Å². The molecule has 0 saturated heterocycles. The highest BCUT2D eigenvalue weighted by Gasteiger charge is 2.18. The summed E-state index contributed by atoms with van der Waals surface area (Å²) in [6.07, 6.45) is 0. The number of hydrogen-bond donors (Lipinski definition) is 0. The fourth-order valence-electron chi connectivity index (χ4n) is 2.75. The van der Waals surface area contributed by atoms with E-state index in [-0.39, 0.29) is 13.4 Å². The standard InChI is InChI=1S/C20H17NO7/c1-23-14-4-5-15(18(9-14)24-2)20(22)25-10-13-8-17(28-21-13)12-3-6-16-19(7-12)27-11-26-16/h3-9H,10-11H2,1-2H3. The van der Waals surface area contributed by atoms with Gasteiger partial charge in [-0.1, -0.05) is 5.16 Å². The maximum Gasteiger partial charge on any atom is 0.342 e. The lowest BCUT2D eigenvalue weighted by molar-refractivity contribution is 0.0460. The number of esters is 1. The van der Waals surface area contributed by atoms with Crippen molar-refractivity contribution in [3.8, 4) is 34.3 Å². The molecule has 4 rings (SSSR count). The van der Waals surface area contributed by atoms with Gasteiger partial charge in [0.15, 0.2) is 17.3 Å². The number of carbonyl (C=O) groups excluding carboxylic acids is 1. The van der Waals surface area contributed by atoms with E-state index < -0.39 is 5.97 Å². The molecule has 0 amide bonds. The molecule has 3 aromatic rings. The number of methoxy groups -OCH3 is 2. The minimum atomic E-state index is -0.535. The SMILES string of the molecule is COc1ccc(C(=O)OCc2cc(-c3ccc4c(c3)OCO4)on2)c(OC)c1. The summed E-state index contributed by atoms with van der Waals surface area (Å²) in [5.41, 5.74) is 1.56. The van der Waals surface area contributed by atoms with E-state index in [2.05, 4.69) is 5.16 Å². The Morgan fingerprint density at radius 1 is 1.04 bits per heavy atom. The van der Waals surface area contributed by atoms with E-state index in [0.717, 1.165) is 5.56 Å². The molecule has 0 N–H and O–H groups in total. The minimum Gasteiger partial charge on any atom is -0.497 e. The van der Waals surface area contributed by atoms with Crippen LogP contribution in [0.15, 0.2) is 47.0 Å². The van der Waals surface area contributed by atoms with Gasteiger partial charge in [-0.2, -0.15) is 0 Å². The summed E-state index contributed by atoms with van der Waals surface area (Å²) >= 11 is 0. The summed E-state index contributed by atoms with van der Waals surface area (Å²) in [5, 5.41) is 3.95. The molecular formula is C20H17NO7. The van der Waals surface area contributed by atoms with Gasteiger partial charge < -0.3 is 28.2 Å². The first-order valence-corrected chi connectivity index (χ1v) is 8.42. The van der Waals surface area contributed by atoms with Gasteiger partial charge in [0.1, 0.15) is 29.4 Å². The lowest BCUT2D eigenvalue weighted by Crippen LogP contribution is -2.07. The maximum atomic E-state index is 12.4. The Bertz CT molecular complexity index is 1010. The van der Waals surface area contributed by atoms with Crippen LogP contribution in [-0.2, 0) is 11.3 Å². The Kier molecular flexibility index (Phi) is 4.76. The van der Waals surface area contributed by atoms with Crippen LogP contribution in [-0.4, -0.2) is 32.1 Å². The van der Waals surface area contributed by atoms with Gasteiger partial charge in [0.2, 0.25) is 6.79 Å². The highest BCUT2D eigenvalue weighted by molar-refractivity contribution is 5.92. The van der Waals surface area contributed by atoms with Gasteiger partial charge in [-0.05, 0) is 30.3 Å². The molecule has 0 saturated carbocycles. The molecular weight excluding hydrogens is 366 g/mol. The maximum absolute atomic E-state index is 12.4. The second-order valence-electron chi connectivity index (χ2n) is 5.89. The molecule has 0 fully saturated rings. The zero-order chi connectivity index (χ0) is 19.5. The van der Waals surface area contributed by atoms with E-state index in [1.807, 2.05) is 6.07 Å². The van der Waals surface area contributed by atoms with E-state index in [0.29, 0.717) is 40.0 Å². The number of aromatic nitrogens is 1. The fraction of sp³-hybridized carbons (Fsp3) is 0.200. The molecule has 28 heavy (non-hydrogen) atoms. The predicted molar refractivity (Wildman–Crippen MR) is 96.7 cm³/mol. The molecule has 0 radical (unpaired) electrons. The molecule has 0 unspecified atom stereocenters. The summed E-state index contributed by atoms with van der Waals surface area (Å²) in [5.74, 6) is 2.28. The first-order chi connectivity index (χ1) is 13.7. The molecule has 0 spiro atoms. The van der Waals surface area contributed by atoms with Crippen molar-refractivity contribution in [2.75, 3.05) is 21.0 Å². The van der Waals surface area contributed by atoms with E-state index in [9.17, 15) is 4.79 Å². The fourth-order valence-corrected chi connectivity index (χ4v) is 2.75. The van der Waals surface area contributed by atoms with Crippen molar-refractivity contribution in [1.82, 2.24) is 5.16 Å². The molecule has 2 aromatic carbocycles. The molecule has 2 heterocycles. The van der Waals surface area contributed by atoms with Crippen molar-refractivity contribution in [2.24, 2.45) is 0 Å². The van der Waals surface area contributed by atoms with Gasteiger partial charge in [0.05, 0.1) is 14.2 Å². The Morgan fingerprint density at radius 2 is 1.89 bits per heavy atom. The topological polar surface area (TPSA) is 89.3 Å². The van der Waals surface area contributed by atoms with Gasteiger partial charge >= 0.3 is 5.97 Å². The first-order valence-electron chi connectivity index (χ1n) is 8.42. The zero-order valence-corrected chi connectivity index (χ0v) is 15.3. The van der Waals surface area contributed by atoms with Crippen molar-refractivity contribution in [3.63, 3.8) is 0 Å². The third kappa shape index (κ3) is 3.44. The smallest absolute Gasteiger partial charge is 0.342 e. The molecule has 144 valence electrons. The highest BCUT2D eigenvalue weighted by atomic mass is 16.7. The van der Waals surface area contributed by atoms with Crippen LogP contribution in [0.1, 0.15) is 16.1 Å². The number of benzene rings is 2.